The molecule has 0 fully saturated rings. The van der Waals surface area contributed by atoms with Crippen molar-refractivity contribution < 1.29 is 4.79 Å². The highest BCUT2D eigenvalue weighted by Crippen LogP contribution is 2.10. The van der Waals surface area contributed by atoms with Gasteiger partial charge in [-0.15, -0.1) is 0 Å². The van der Waals surface area contributed by atoms with Crippen LogP contribution in [0.3, 0.4) is 0 Å². The Hall–Kier alpha value is -3.22. The summed E-state index contributed by atoms with van der Waals surface area (Å²) in [6.45, 7) is 0. The summed E-state index contributed by atoms with van der Waals surface area (Å²) in [6, 6.07) is 6.26. The minimum Gasteiger partial charge on any atom is -0.329 e. The maximum atomic E-state index is 12.0. The molecule has 0 bridgehead atoms. The van der Waals surface area contributed by atoms with Gasteiger partial charge in [0.2, 0.25) is 5.56 Å². The fourth-order valence-corrected chi connectivity index (χ4v) is 1.80. The Labute approximate surface area is 119 Å². The monoisotopic (exact) mass is 281 g/mol. The van der Waals surface area contributed by atoms with Crippen LogP contribution in [0.4, 0.5) is 5.69 Å². The molecular formula is C14H11N5O2. The third-order valence-electron chi connectivity index (χ3n) is 2.81. The van der Waals surface area contributed by atoms with Crippen molar-refractivity contribution in [2.24, 2.45) is 0 Å². The molecule has 3 aromatic heterocycles. The second-order valence-corrected chi connectivity index (χ2v) is 4.27. The van der Waals surface area contributed by atoms with E-state index >= 15 is 0 Å². The van der Waals surface area contributed by atoms with Crippen molar-refractivity contribution in [1.29, 1.82) is 0 Å². The maximum absolute atomic E-state index is 12.0. The number of aromatic nitrogens is 4. The lowest BCUT2D eigenvalue weighted by Gasteiger charge is -2.06. The van der Waals surface area contributed by atoms with Crippen LogP contribution < -0.4 is 10.9 Å². The molecule has 0 aromatic carbocycles. The molecule has 2 N–H and O–H groups in total. The molecule has 0 aliphatic heterocycles. The molecule has 3 heterocycles. The summed E-state index contributed by atoms with van der Waals surface area (Å²) in [4.78, 5) is 33.8. The van der Waals surface area contributed by atoms with Gasteiger partial charge in [0.05, 0.1) is 11.9 Å². The maximum Gasteiger partial charge on any atom is 0.255 e. The smallest absolute Gasteiger partial charge is 0.255 e. The zero-order chi connectivity index (χ0) is 14.7. The SMILES string of the molecule is O=C(Nc1ccc(-n2ccnc2)nc1)c1cc[nH]c(=O)c1. The van der Waals surface area contributed by atoms with Gasteiger partial charge in [0.25, 0.3) is 5.91 Å². The molecule has 0 saturated carbocycles. The molecule has 0 aliphatic rings. The summed E-state index contributed by atoms with van der Waals surface area (Å²) in [6.07, 6.45) is 8.04. The van der Waals surface area contributed by atoms with Crippen LogP contribution in [0.2, 0.25) is 0 Å². The molecular weight excluding hydrogens is 270 g/mol. The lowest BCUT2D eigenvalue weighted by molar-refractivity contribution is 0.102. The van der Waals surface area contributed by atoms with Crippen molar-refractivity contribution in [1.82, 2.24) is 19.5 Å². The number of nitrogens with one attached hydrogen (secondary N) is 2. The van der Waals surface area contributed by atoms with Gasteiger partial charge in [0, 0.05) is 30.2 Å². The number of pyridine rings is 2. The quantitative estimate of drug-likeness (QED) is 0.754. The standard InChI is InChI=1S/C14H11N5O2/c20-13-7-10(3-4-16-13)14(21)18-11-1-2-12(17-8-11)19-6-5-15-9-19/h1-9H,(H,16,20)(H,18,21). The zero-order valence-electron chi connectivity index (χ0n) is 10.9. The lowest BCUT2D eigenvalue weighted by atomic mass is 10.2. The third-order valence-corrected chi connectivity index (χ3v) is 2.81. The topological polar surface area (TPSA) is 92.7 Å². The van der Waals surface area contributed by atoms with Gasteiger partial charge in [-0.25, -0.2) is 9.97 Å². The van der Waals surface area contributed by atoms with Gasteiger partial charge < -0.3 is 10.3 Å². The van der Waals surface area contributed by atoms with Crippen molar-refractivity contribution >= 4 is 11.6 Å². The zero-order valence-corrected chi connectivity index (χ0v) is 10.9. The van der Waals surface area contributed by atoms with Crippen LogP contribution in [-0.2, 0) is 0 Å². The highest BCUT2D eigenvalue weighted by atomic mass is 16.2. The molecule has 7 nitrogen and oxygen atoms in total. The number of anilines is 1. The van der Waals surface area contributed by atoms with Gasteiger partial charge in [-0.2, -0.15) is 0 Å². The lowest BCUT2D eigenvalue weighted by Crippen LogP contribution is -2.15. The number of aromatic amines is 1. The van der Waals surface area contributed by atoms with E-state index in [0.717, 1.165) is 0 Å². The third kappa shape index (κ3) is 2.86. The Morgan fingerprint density at radius 1 is 1.29 bits per heavy atom. The summed E-state index contributed by atoms with van der Waals surface area (Å²) in [5.74, 6) is 0.333. The van der Waals surface area contributed by atoms with Crippen LogP contribution >= 0.6 is 0 Å². The largest absolute Gasteiger partial charge is 0.329 e. The number of H-pyrrole nitrogens is 1. The molecule has 0 atom stereocenters. The summed E-state index contributed by atoms with van der Waals surface area (Å²) < 4.78 is 1.75. The number of carbonyl (C=O) groups excluding carboxylic acids is 1. The number of carbonyl (C=O) groups is 1. The van der Waals surface area contributed by atoms with Crippen molar-refractivity contribution in [3.63, 3.8) is 0 Å². The second-order valence-electron chi connectivity index (χ2n) is 4.27. The number of imidazole rings is 1. The molecule has 3 aromatic rings. The number of hydrogen-bond acceptors (Lipinski definition) is 4. The predicted molar refractivity (Wildman–Crippen MR) is 76.4 cm³/mol. The normalized spacial score (nSPS) is 10.3. The van der Waals surface area contributed by atoms with E-state index in [4.69, 9.17) is 0 Å². The van der Waals surface area contributed by atoms with E-state index in [-0.39, 0.29) is 17.0 Å². The van der Waals surface area contributed by atoms with E-state index in [1.54, 1.807) is 41.6 Å². The molecule has 7 heteroatoms. The van der Waals surface area contributed by atoms with E-state index in [1.807, 2.05) is 0 Å². The summed E-state index contributed by atoms with van der Waals surface area (Å²) >= 11 is 0. The summed E-state index contributed by atoms with van der Waals surface area (Å²) in [5.41, 5.74) is 0.512. The van der Waals surface area contributed by atoms with E-state index in [1.165, 1.54) is 18.3 Å². The first-order chi connectivity index (χ1) is 10.2. The van der Waals surface area contributed by atoms with Crippen LogP contribution in [0.25, 0.3) is 5.82 Å². The van der Waals surface area contributed by atoms with Crippen molar-refractivity contribution in [2.75, 3.05) is 5.32 Å². The Balaban J connectivity index is 1.76. The number of rotatable bonds is 3. The average Bonchev–Trinajstić information content (AvgIpc) is 3.02. The molecule has 1 amide bonds. The van der Waals surface area contributed by atoms with E-state index in [9.17, 15) is 9.59 Å². The van der Waals surface area contributed by atoms with Gasteiger partial charge in [-0.3, -0.25) is 14.2 Å². The minimum absolute atomic E-state index is 0.289. The molecule has 3 rings (SSSR count). The molecule has 21 heavy (non-hydrogen) atoms. The number of amides is 1. The van der Waals surface area contributed by atoms with Crippen LogP contribution in [0.5, 0.6) is 0 Å². The van der Waals surface area contributed by atoms with Crippen LogP contribution in [0.1, 0.15) is 10.4 Å². The number of nitrogens with zero attached hydrogens (tertiary/aromatic N) is 3. The molecule has 0 spiro atoms. The van der Waals surface area contributed by atoms with Crippen molar-refractivity contribution in [3.05, 3.63) is 71.3 Å². The van der Waals surface area contributed by atoms with Crippen molar-refractivity contribution in [2.45, 2.75) is 0 Å². The minimum atomic E-state index is -0.363. The van der Waals surface area contributed by atoms with Crippen molar-refractivity contribution in [3.8, 4) is 5.82 Å². The number of hydrogen-bond donors (Lipinski definition) is 2. The molecule has 104 valence electrons. The van der Waals surface area contributed by atoms with Gasteiger partial charge in [-0.05, 0) is 18.2 Å². The average molecular weight is 281 g/mol. The first-order valence-corrected chi connectivity index (χ1v) is 6.17. The van der Waals surface area contributed by atoms with E-state index in [2.05, 4.69) is 20.3 Å². The summed E-state index contributed by atoms with van der Waals surface area (Å²) in [7, 11) is 0. The Morgan fingerprint density at radius 3 is 2.86 bits per heavy atom. The Morgan fingerprint density at radius 2 is 2.19 bits per heavy atom. The fourth-order valence-electron chi connectivity index (χ4n) is 1.80. The molecule has 0 unspecified atom stereocenters. The van der Waals surface area contributed by atoms with Crippen LogP contribution in [0, 0.1) is 0 Å². The van der Waals surface area contributed by atoms with Gasteiger partial charge in [0.1, 0.15) is 12.1 Å². The Kier molecular flexibility index (Phi) is 3.30. The van der Waals surface area contributed by atoms with Gasteiger partial charge in [0.15, 0.2) is 0 Å². The van der Waals surface area contributed by atoms with Crippen LogP contribution in [-0.4, -0.2) is 25.4 Å². The van der Waals surface area contributed by atoms with Crippen LogP contribution in [0.15, 0.2) is 60.2 Å². The second kappa shape index (κ2) is 5.41. The highest BCUT2D eigenvalue weighted by molar-refractivity contribution is 6.04. The van der Waals surface area contributed by atoms with E-state index < -0.39 is 0 Å². The highest BCUT2D eigenvalue weighted by Gasteiger charge is 2.07. The first-order valence-electron chi connectivity index (χ1n) is 6.17. The molecule has 0 aliphatic carbocycles. The Bertz CT molecular complexity index is 806. The first kappa shape index (κ1) is 12.8. The fraction of sp³-hybridized carbons (Fsp3) is 0. The summed E-state index contributed by atoms with van der Waals surface area (Å²) in [5, 5.41) is 2.68. The van der Waals surface area contributed by atoms with Gasteiger partial charge >= 0.3 is 0 Å². The predicted octanol–water partition coefficient (Wildman–Crippen LogP) is 1.21. The molecule has 0 radical (unpaired) electrons. The van der Waals surface area contributed by atoms with Gasteiger partial charge in [-0.1, -0.05) is 0 Å². The van der Waals surface area contributed by atoms with E-state index in [0.29, 0.717) is 11.5 Å². The molecule has 0 saturated heterocycles.